The Labute approximate surface area is 142 Å². The fraction of sp³-hybridized carbons (Fsp3) is 0.556. The van der Waals surface area contributed by atoms with Crippen LogP contribution in [0.15, 0.2) is 24.3 Å². The summed E-state index contributed by atoms with van der Waals surface area (Å²) in [6.45, 7) is 4.01. The number of nitrogens with one attached hydrogen (secondary N) is 1. The average molecular weight is 338 g/mol. The maximum Gasteiger partial charge on any atom is 0.306 e. The van der Waals surface area contributed by atoms with Crippen LogP contribution in [0.2, 0.25) is 5.02 Å². The first-order valence-corrected chi connectivity index (χ1v) is 8.60. The van der Waals surface area contributed by atoms with Crippen molar-refractivity contribution in [1.82, 2.24) is 5.32 Å². The maximum atomic E-state index is 13.0. The van der Waals surface area contributed by atoms with E-state index in [1.807, 2.05) is 26.0 Å². The zero-order valence-corrected chi connectivity index (χ0v) is 14.4. The Balaban J connectivity index is 2.16. The molecule has 2 N–H and O–H groups in total. The van der Waals surface area contributed by atoms with Gasteiger partial charge in [0.05, 0.1) is 11.3 Å². The molecule has 23 heavy (non-hydrogen) atoms. The van der Waals surface area contributed by atoms with Gasteiger partial charge in [-0.1, -0.05) is 37.6 Å². The summed E-state index contributed by atoms with van der Waals surface area (Å²) in [6.07, 6.45) is 3.25. The molecule has 4 nitrogen and oxygen atoms in total. The van der Waals surface area contributed by atoms with Gasteiger partial charge in [-0.15, -0.1) is 0 Å². The summed E-state index contributed by atoms with van der Waals surface area (Å²) in [5.74, 6) is -1.12. The van der Waals surface area contributed by atoms with Gasteiger partial charge in [-0.2, -0.15) is 0 Å². The molecule has 1 fully saturated rings. The number of hydrogen-bond donors (Lipinski definition) is 2. The molecule has 0 radical (unpaired) electrons. The van der Waals surface area contributed by atoms with Crippen molar-refractivity contribution in [1.29, 1.82) is 0 Å². The van der Waals surface area contributed by atoms with Crippen LogP contribution in [0.5, 0.6) is 0 Å². The van der Waals surface area contributed by atoms with Crippen molar-refractivity contribution in [3.63, 3.8) is 0 Å². The summed E-state index contributed by atoms with van der Waals surface area (Å²) in [4.78, 5) is 24.0. The van der Waals surface area contributed by atoms with Gasteiger partial charge in [0.1, 0.15) is 0 Å². The van der Waals surface area contributed by atoms with Crippen LogP contribution in [-0.2, 0) is 15.0 Å². The van der Waals surface area contributed by atoms with E-state index in [0.29, 0.717) is 30.7 Å². The van der Waals surface area contributed by atoms with Crippen molar-refractivity contribution in [2.24, 2.45) is 5.92 Å². The molecule has 1 aromatic rings. The molecule has 0 aromatic heterocycles. The van der Waals surface area contributed by atoms with Crippen molar-refractivity contribution in [3.8, 4) is 0 Å². The number of amides is 1. The Kier molecular flexibility index (Phi) is 5.69. The zero-order chi connectivity index (χ0) is 17.0. The largest absolute Gasteiger partial charge is 0.481 e. The van der Waals surface area contributed by atoms with E-state index in [1.54, 1.807) is 12.1 Å². The number of hydrogen-bond acceptors (Lipinski definition) is 2. The van der Waals surface area contributed by atoms with Crippen LogP contribution in [0.25, 0.3) is 0 Å². The molecule has 1 aliphatic rings. The van der Waals surface area contributed by atoms with Crippen molar-refractivity contribution in [2.45, 2.75) is 57.4 Å². The fourth-order valence-electron chi connectivity index (χ4n) is 3.54. The highest BCUT2D eigenvalue weighted by molar-refractivity contribution is 6.30. The Morgan fingerprint density at radius 1 is 1.22 bits per heavy atom. The number of benzene rings is 1. The van der Waals surface area contributed by atoms with Crippen molar-refractivity contribution >= 4 is 23.5 Å². The summed E-state index contributed by atoms with van der Waals surface area (Å²) in [5.41, 5.74) is 0.364. The van der Waals surface area contributed by atoms with Gasteiger partial charge in [-0.05, 0) is 49.8 Å². The molecule has 1 aliphatic carbocycles. The summed E-state index contributed by atoms with van der Waals surface area (Å²) >= 11 is 5.95. The van der Waals surface area contributed by atoms with Gasteiger partial charge in [0, 0.05) is 11.1 Å². The molecule has 2 atom stereocenters. The van der Waals surface area contributed by atoms with Crippen LogP contribution in [0.1, 0.15) is 51.5 Å². The number of rotatable bonds is 6. The van der Waals surface area contributed by atoms with Crippen LogP contribution in [-0.4, -0.2) is 23.0 Å². The van der Waals surface area contributed by atoms with Gasteiger partial charge in [0.2, 0.25) is 5.91 Å². The molecule has 0 spiro atoms. The van der Waals surface area contributed by atoms with Gasteiger partial charge in [0.25, 0.3) is 0 Å². The lowest BCUT2D eigenvalue weighted by molar-refractivity contribution is -0.141. The molecule has 0 heterocycles. The van der Waals surface area contributed by atoms with E-state index < -0.39 is 11.4 Å². The number of halogens is 1. The topological polar surface area (TPSA) is 66.4 Å². The van der Waals surface area contributed by atoms with E-state index in [2.05, 4.69) is 5.32 Å². The molecule has 1 amide bonds. The molecule has 0 aliphatic heterocycles. The maximum absolute atomic E-state index is 13.0. The third-order valence-electron chi connectivity index (χ3n) is 5.16. The van der Waals surface area contributed by atoms with Crippen molar-refractivity contribution < 1.29 is 14.7 Å². The smallest absolute Gasteiger partial charge is 0.306 e. The highest BCUT2D eigenvalue weighted by Crippen LogP contribution is 2.34. The van der Waals surface area contributed by atoms with E-state index in [0.717, 1.165) is 12.0 Å². The van der Waals surface area contributed by atoms with E-state index in [9.17, 15) is 9.59 Å². The average Bonchev–Trinajstić information content (AvgIpc) is 2.99. The van der Waals surface area contributed by atoms with Gasteiger partial charge in [0.15, 0.2) is 0 Å². The third kappa shape index (κ3) is 3.69. The summed E-state index contributed by atoms with van der Waals surface area (Å²) in [5, 5.41) is 12.8. The Morgan fingerprint density at radius 3 is 2.30 bits per heavy atom. The van der Waals surface area contributed by atoms with Crippen LogP contribution in [0.4, 0.5) is 0 Å². The second kappa shape index (κ2) is 7.35. The second-order valence-electron chi connectivity index (χ2n) is 6.31. The van der Waals surface area contributed by atoms with Crippen LogP contribution in [0.3, 0.4) is 0 Å². The van der Waals surface area contributed by atoms with Gasteiger partial charge in [-0.3, -0.25) is 9.59 Å². The number of aliphatic carboxylic acids is 1. The Hall–Kier alpha value is -1.55. The van der Waals surface area contributed by atoms with E-state index >= 15 is 0 Å². The van der Waals surface area contributed by atoms with Gasteiger partial charge in [-0.25, -0.2) is 0 Å². The minimum absolute atomic E-state index is 0.0131. The Bertz CT molecular complexity index is 566. The van der Waals surface area contributed by atoms with E-state index in [1.165, 1.54) is 0 Å². The predicted octanol–water partition coefficient (Wildman–Crippen LogP) is 3.77. The molecule has 0 bridgehead atoms. The van der Waals surface area contributed by atoms with Crippen molar-refractivity contribution in [2.75, 3.05) is 0 Å². The van der Waals surface area contributed by atoms with Crippen LogP contribution >= 0.6 is 11.6 Å². The van der Waals surface area contributed by atoms with E-state index in [-0.39, 0.29) is 17.9 Å². The molecular formula is C18H24ClNO3. The number of carbonyl (C=O) groups is 2. The minimum atomic E-state index is -0.767. The Morgan fingerprint density at radius 2 is 1.83 bits per heavy atom. The monoisotopic (exact) mass is 337 g/mol. The molecule has 5 heteroatoms. The first-order chi connectivity index (χ1) is 10.9. The molecule has 0 unspecified atom stereocenters. The lowest BCUT2D eigenvalue weighted by Crippen LogP contribution is -2.47. The molecule has 126 valence electrons. The van der Waals surface area contributed by atoms with Gasteiger partial charge >= 0.3 is 5.97 Å². The lowest BCUT2D eigenvalue weighted by atomic mass is 9.75. The standard InChI is InChI=1S/C18H24ClNO3/c1-3-18(4-2,13-6-8-14(19)9-7-13)17(23)20-15-10-5-12(11-15)16(21)22/h6-9,12,15H,3-5,10-11H2,1-2H3,(H,20,23)(H,21,22)/t12-,15+/m1/s1. The molecular weight excluding hydrogens is 314 g/mol. The summed E-state index contributed by atoms with van der Waals surface area (Å²) in [6, 6.07) is 7.38. The SMILES string of the molecule is CCC(CC)(C(=O)N[C@H]1CC[C@@H](C(=O)O)C1)c1ccc(Cl)cc1. The predicted molar refractivity (Wildman–Crippen MR) is 90.6 cm³/mol. The molecule has 1 aromatic carbocycles. The van der Waals surface area contributed by atoms with Crippen molar-refractivity contribution in [3.05, 3.63) is 34.9 Å². The lowest BCUT2D eigenvalue weighted by Gasteiger charge is -2.32. The normalized spacial score (nSPS) is 21.2. The molecule has 0 saturated heterocycles. The first kappa shape index (κ1) is 17.8. The van der Waals surface area contributed by atoms with Gasteiger partial charge < -0.3 is 10.4 Å². The molecule has 2 rings (SSSR count). The third-order valence-corrected chi connectivity index (χ3v) is 5.41. The number of carbonyl (C=O) groups excluding carboxylic acids is 1. The quantitative estimate of drug-likeness (QED) is 0.830. The highest BCUT2D eigenvalue weighted by Gasteiger charge is 2.39. The number of carboxylic acids is 1. The minimum Gasteiger partial charge on any atom is -0.481 e. The first-order valence-electron chi connectivity index (χ1n) is 8.22. The van der Waals surface area contributed by atoms with E-state index in [4.69, 9.17) is 16.7 Å². The fourth-order valence-corrected chi connectivity index (χ4v) is 3.67. The zero-order valence-electron chi connectivity index (χ0n) is 13.6. The summed E-state index contributed by atoms with van der Waals surface area (Å²) in [7, 11) is 0. The van der Waals surface area contributed by atoms with Crippen LogP contribution in [0, 0.1) is 5.92 Å². The summed E-state index contributed by atoms with van der Waals surface area (Å²) < 4.78 is 0. The van der Waals surface area contributed by atoms with Crippen LogP contribution < -0.4 is 5.32 Å². The molecule has 1 saturated carbocycles. The second-order valence-corrected chi connectivity index (χ2v) is 6.75. The number of carboxylic acid groups (broad SMARTS) is 1. The highest BCUT2D eigenvalue weighted by atomic mass is 35.5.